The number of anilines is 1. The predicted octanol–water partition coefficient (Wildman–Crippen LogP) is 2.95. The number of benzene rings is 2. The third kappa shape index (κ3) is 3.95. The number of amides is 2. The van der Waals surface area contributed by atoms with E-state index < -0.39 is 5.91 Å². The molecule has 1 aliphatic heterocycles. The smallest absolute Gasteiger partial charge is 0.258 e. The first-order chi connectivity index (χ1) is 14.5. The SMILES string of the molecule is Cn1c(-c2ccc(F)cc2)cnc1NC(=O)c1ccccc1C(=O)N1CCOCC1. The van der Waals surface area contributed by atoms with Crippen LogP contribution in [0, 0.1) is 5.82 Å². The molecule has 2 aromatic carbocycles. The van der Waals surface area contributed by atoms with Crippen LogP contribution in [0.2, 0.25) is 0 Å². The minimum Gasteiger partial charge on any atom is -0.378 e. The first kappa shape index (κ1) is 19.8. The summed E-state index contributed by atoms with van der Waals surface area (Å²) in [6.45, 7) is 1.96. The summed E-state index contributed by atoms with van der Waals surface area (Å²) in [5, 5.41) is 2.77. The molecule has 1 aromatic heterocycles. The minimum atomic E-state index is -0.424. The zero-order valence-corrected chi connectivity index (χ0v) is 16.5. The van der Waals surface area contributed by atoms with Gasteiger partial charge in [0.25, 0.3) is 11.8 Å². The molecule has 4 rings (SSSR count). The number of aromatic nitrogens is 2. The number of carbonyl (C=O) groups excluding carboxylic acids is 2. The molecule has 2 amide bonds. The quantitative estimate of drug-likeness (QED) is 0.720. The largest absolute Gasteiger partial charge is 0.378 e. The van der Waals surface area contributed by atoms with E-state index in [1.807, 2.05) is 0 Å². The lowest BCUT2D eigenvalue weighted by atomic mass is 10.1. The second-order valence-corrected chi connectivity index (χ2v) is 6.94. The lowest BCUT2D eigenvalue weighted by Gasteiger charge is -2.27. The Morgan fingerprint density at radius 3 is 2.40 bits per heavy atom. The highest BCUT2D eigenvalue weighted by Gasteiger charge is 2.24. The molecular formula is C22H21FN4O3. The van der Waals surface area contributed by atoms with Crippen molar-refractivity contribution in [3.05, 3.63) is 71.7 Å². The summed E-state index contributed by atoms with van der Waals surface area (Å²) >= 11 is 0. The molecule has 0 aliphatic carbocycles. The fraction of sp³-hybridized carbons (Fsp3) is 0.227. The van der Waals surface area contributed by atoms with Crippen molar-refractivity contribution in [2.75, 3.05) is 31.6 Å². The molecule has 3 aromatic rings. The highest BCUT2D eigenvalue weighted by atomic mass is 19.1. The van der Waals surface area contributed by atoms with Gasteiger partial charge in [0.2, 0.25) is 5.95 Å². The van der Waals surface area contributed by atoms with Crippen LogP contribution in [-0.2, 0) is 11.8 Å². The van der Waals surface area contributed by atoms with Crippen molar-refractivity contribution < 1.29 is 18.7 Å². The summed E-state index contributed by atoms with van der Waals surface area (Å²) in [5.74, 6) is -0.619. The van der Waals surface area contributed by atoms with Crippen molar-refractivity contribution in [1.29, 1.82) is 0 Å². The maximum absolute atomic E-state index is 13.2. The van der Waals surface area contributed by atoms with Gasteiger partial charge in [0.1, 0.15) is 5.82 Å². The molecule has 0 bridgehead atoms. The summed E-state index contributed by atoms with van der Waals surface area (Å²) < 4.78 is 20.2. The molecule has 1 aliphatic rings. The fourth-order valence-electron chi connectivity index (χ4n) is 3.39. The normalized spacial score (nSPS) is 13.9. The summed E-state index contributed by atoms with van der Waals surface area (Å²) in [6.07, 6.45) is 1.60. The van der Waals surface area contributed by atoms with Crippen molar-refractivity contribution >= 4 is 17.8 Å². The number of carbonyl (C=O) groups is 2. The van der Waals surface area contributed by atoms with Gasteiger partial charge in [-0.05, 0) is 36.4 Å². The molecule has 1 N–H and O–H groups in total. The molecule has 7 nitrogen and oxygen atoms in total. The second kappa shape index (κ2) is 8.46. The Bertz CT molecular complexity index is 1070. The Morgan fingerprint density at radius 2 is 1.70 bits per heavy atom. The van der Waals surface area contributed by atoms with E-state index in [4.69, 9.17) is 4.74 Å². The molecule has 8 heteroatoms. The van der Waals surface area contributed by atoms with Crippen molar-refractivity contribution in [3.8, 4) is 11.3 Å². The van der Waals surface area contributed by atoms with Crippen molar-refractivity contribution in [1.82, 2.24) is 14.5 Å². The Kier molecular flexibility index (Phi) is 5.58. The van der Waals surface area contributed by atoms with E-state index in [1.165, 1.54) is 12.1 Å². The third-order valence-corrected chi connectivity index (χ3v) is 5.05. The monoisotopic (exact) mass is 408 g/mol. The topological polar surface area (TPSA) is 76.5 Å². The number of rotatable bonds is 4. The van der Waals surface area contributed by atoms with Gasteiger partial charge in [-0.3, -0.25) is 14.9 Å². The van der Waals surface area contributed by atoms with Gasteiger partial charge in [0.15, 0.2) is 0 Å². The number of halogens is 1. The van der Waals surface area contributed by atoms with Crippen LogP contribution in [0.15, 0.2) is 54.7 Å². The van der Waals surface area contributed by atoms with E-state index in [0.29, 0.717) is 37.8 Å². The van der Waals surface area contributed by atoms with Gasteiger partial charge in [-0.25, -0.2) is 9.37 Å². The molecule has 0 unspecified atom stereocenters. The molecule has 30 heavy (non-hydrogen) atoms. The molecule has 2 heterocycles. The van der Waals surface area contributed by atoms with Crippen LogP contribution in [0.4, 0.5) is 10.3 Å². The summed E-state index contributed by atoms with van der Waals surface area (Å²) in [4.78, 5) is 31.8. The van der Waals surface area contributed by atoms with Gasteiger partial charge < -0.3 is 14.2 Å². The van der Waals surface area contributed by atoms with Gasteiger partial charge in [-0.1, -0.05) is 12.1 Å². The van der Waals surface area contributed by atoms with E-state index in [1.54, 1.807) is 59.1 Å². The molecule has 1 fully saturated rings. The van der Waals surface area contributed by atoms with Crippen LogP contribution in [0.3, 0.4) is 0 Å². The zero-order chi connectivity index (χ0) is 21.1. The number of hydrogen-bond acceptors (Lipinski definition) is 4. The molecule has 154 valence electrons. The van der Waals surface area contributed by atoms with Gasteiger partial charge in [0.05, 0.1) is 36.2 Å². The lowest BCUT2D eigenvalue weighted by molar-refractivity contribution is 0.0302. The Hall–Kier alpha value is -3.52. The zero-order valence-electron chi connectivity index (χ0n) is 16.5. The molecule has 0 radical (unpaired) electrons. The Balaban J connectivity index is 1.56. The molecule has 0 saturated carbocycles. The molecule has 1 saturated heterocycles. The maximum atomic E-state index is 13.2. The van der Waals surface area contributed by atoms with Crippen LogP contribution in [0.5, 0.6) is 0 Å². The summed E-state index contributed by atoms with van der Waals surface area (Å²) in [6, 6.07) is 12.7. The van der Waals surface area contributed by atoms with E-state index >= 15 is 0 Å². The second-order valence-electron chi connectivity index (χ2n) is 6.94. The molecule has 0 spiro atoms. The van der Waals surface area contributed by atoms with Crippen LogP contribution >= 0.6 is 0 Å². The first-order valence-electron chi connectivity index (χ1n) is 9.59. The van der Waals surface area contributed by atoms with E-state index in [-0.39, 0.29) is 17.3 Å². The number of nitrogens with one attached hydrogen (secondary N) is 1. The van der Waals surface area contributed by atoms with E-state index in [2.05, 4.69) is 10.3 Å². The summed E-state index contributed by atoms with van der Waals surface area (Å²) in [7, 11) is 1.76. The predicted molar refractivity (Wildman–Crippen MR) is 110 cm³/mol. The van der Waals surface area contributed by atoms with Crippen LogP contribution in [0.25, 0.3) is 11.3 Å². The molecule has 0 atom stereocenters. The van der Waals surface area contributed by atoms with Gasteiger partial charge in [-0.15, -0.1) is 0 Å². The highest BCUT2D eigenvalue weighted by Crippen LogP contribution is 2.23. The minimum absolute atomic E-state index is 0.198. The maximum Gasteiger partial charge on any atom is 0.258 e. The Morgan fingerprint density at radius 1 is 1.03 bits per heavy atom. The molecular weight excluding hydrogens is 387 g/mol. The lowest BCUT2D eigenvalue weighted by Crippen LogP contribution is -2.41. The van der Waals surface area contributed by atoms with Gasteiger partial charge >= 0.3 is 0 Å². The van der Waals surface area contributed by atoms with Crippen LogP contribution in [0.1, 0.15) is 20.7 Å². The number of nitrogens with zero attached hydrogens (tertiary/aromatic N) is 3. The standard InChI is InChI=1S/C22H21FN4O3/c1-26-19(15-6-8-16(23)9-7-15)14-24-22(26)25-20(28)17-4-2-3-5-18(17)21(29)27-10-12-30-13-11-27/h2-9,14H,10-13H2,1H3,(H,24,25,28). The number of hydrogen-bond donors (Lipinski definition) is 1. The van der Waals surface area contributed by atoms with Crippen molar-refractivity contribution in [2.24, 2.45) is 7.05 Å². The van der Waals surface area contributed by atoms with Gasteiger partial charge in [0, 0.05) is 25.7 Å². The summed E-state index contributed by atoms with van der Waals surface area (Å²) in [5.41, 5.74) is 2.11. The highest BCUT2D eigenvalue weighted by molar-refractivity contribution is 6.11. The van der Waals surface area contributed by atoms with E-state index in [9.17, 15) is 14.0 Å². The average molecular weight is 408 g/mol. The van der Waals surface area contributed by atoms with E-state index in [0.717, 1.165) is 11.3 Å². The number of ether oxygens (including phenoxy) is 1. The third-order valence-electron chi connectivity index (χ3n) is 5.05. The number of imidazole rings is 1. The first-order valence-corrected chi connectivity index (χ1v) is 9.59. The van der Waals surface area contributed by atoms with Crippen LogP contribution < -0.4 is 5.32 Å². The Labute approximate surface area is 173 Å². The fourth-order valence-corrected chi connectivity index (χ4v) is 3.39. The number of morpholine rings is 1. The average Bonchev–Trinajstić information content (AvgIpc) is 3.14. The van der Waals surface area contributed by atoms with Gasteiger partial charge in [-0.2, -0.15) is 0 Å². The van der Waals surface area contributed by atoms with Crippen molar-refractivity contribution in [3.63, 3.8) is 0 Å². The van der Waals surface area contributed by atoms with Crippen molar-refractivity contribution in [2.45, 2.75) is 0 Å². The van der Waals surface area contributed by atoms with Crippen LogP contribution in [-0.4, -0.2) is 52.6 Å².